The molecule has 5 nitrogen and oxygen atoms in total. The fourth-order valence-corrected chi connectivity index (χ4v) is 1.64. The quantitative estimate of drug-likeness (QED) is 0.910. The molecule has 0 radical (unpaired) electrons. The predicted molar refractivity (Wildman–Crippen MR) is 68.4 cm³/mol. The molecule has 0 saturated heterocycles. The van der Waals surface area contributed by atoms with Crippen molar-refractivity contribution in [1.29, 1.82) is 0 Å². The first-order valence-electron chi connectivity index (χ1n) is 5.75. The van der Waals surface area contributed by atoms with Crippen molar-refractivity contribution in [2.45, 2.75) is 6.61 Å². The van der Waals surface area contributed by atoms with Crippen LogP contribution in [-0.4, -0.2) is 23.2 Å². The first-order valence-corrected chi connectivity index (χ1v) is 5.75. The van der Waals surface area contributed by atoms with Crippen molar-refractivity contribution >= 4 is 5.97 Å². The van der Waals surface area contributed by atoms with Gasteiger partial charge in [0, 0.05) is 13.3 Å². The van der Waals surface area contributed by atoms with E-state index in [0.29, 0.717) is 12.4 Å². The molecule has 0 aliphatic heterocycles. The molecule has 1 aromatic heterocycles. The summed E-state index contributed by atoms with van der Waals surface area (Å²) in [6, 6.07) is 7.91. The van der Waals surface area contributed by atoms with Crippen molar-refractivity contribution in [1.82, 2.24) is 4.98 Å². The molecule has 0 atom stereocenters. The van der Waals surface area contributed by atoms with E-state index in [1.165, 1.54) is 6.20 Å². The fourth-order valence-electron chi connectivity index (χ4n) is 1.64. The van der Waals surface area contributed by atoms with Crippen LogP contribution in [0.15, 0.2) is 36.5 Å². The SMILES string of the molecule is COCc1cccc(Oc2nccc(C(=O)O)c2F)c1. The van der Waals surface area contributed by atoms with E-state index in [9.17, 15) is 9.18 Å². The number of pyridine rings is 1. The lowest BCUT2D eigenvalue weighted by Gasteiger charge is -2.08. The van der Waals surface area contributed by atoms with Crippen LogP contribution in [0, 0.1) is 5.82 Å². The van der Waals surface area contributed by atoms with Crippen molar-refractivity contribution in [3.05, 3.63) is 53.5 Å². The molecule has 6 heteroatoms. The third kappa shape index (κ3) is 3.10. The van der Waals surface area contributed by atoms with E-state index in [0.717, 1.165) is 11.6 Å². The van der Waals surface area contributed by atoms with Crippen molar-refractivity contribution in [3.63, 3.8) is 0 Å². The van der Waals surface area contributed by atoms with Crippen molar-refractivity contribution < 1.29 is 23.8 Å². The molecule has 0 spiro atoms. The van der Waals surface area contributed by atoms with Gasteiger partial charge in [0.1, 0.15) is 11.3 Å². The summed E-state index contributed by atoms with van der Waals surface area (Å²) in [5.41, 5.74) is 0.364. The molecule has 0 unspecified atom stereocenters. The van der Waals surface area contributed by atoms with Gasteiger partial charge >= 0.3 is 5.97 Å². The summed E-state index contributed by atoms with van der Waals surface area (Å²) in [5, 5.41) is 8.83. The topological polar surface area (TPSA) is 68.7 Å². The minimum absolute atomic E-state index is 0.355. The monoisotopic (exact) mass is 277 g/mol. The Labute approximate surface area is 114 Å². The average Bonchev–Trinajstić information content (AvgIpc) is 2.42. The van der Waals surface area contributed by atoms with Crippen LogP contribution >= 0.6 is 0 Å². The molecule has 0 fully saturated rings. The number of hydrogen-bond acceptors (Lipinski definition) is 4. The van der Waals surface area contributed by atoms with E-state index in [-0.39, 0.29) is 5.88 Å². The molecular weight excluding hydrogens is 265 g/mol. The molecule has 0 bridgehead atoms. The number of rotatable bonds is 5. The lowest BCUT2D eigenvalue weighted by Crippen LogP contribution is -2.03. The highest BCUT2D eigenvalue weighted by Gasteiger charge is 2.16. The van der Waals surface area contributed by atoms with E-state index in [1.54, 1.807) is 25.3 Å². The molecule has 0 amide bonds. The van der Waals surface area contributed by atoms with Crippen LogP contribution in [0.4, 0.5) is 4.39 Å². The molecule has 0 aliphatic carbocycles. The van der Waals surface area contributed by atoms with Crippen LogP contribution < -0.4 is 4.74 Å². The summed E-state index contributed by atoms with van der Waals surface area (Å²) in [6.45, 7) is 0.391. The largest absolute Gasteiger partial charge is 0.478 e. The molecule has 2 aromatic rings. The average molecular weight is 277 g/mol. The Balaban J connectivity index is 2.28. The van der Waals surface area contributed by atoms with Gasteiger partial charge in [0.2, 0.25) is 0 Å². The van der Waals surface area contributed by atoms with E-state index >= 15 is 0 Å². The lowest BCUT2D eigenvalue weighted by atomic mass is 10.2. The Kier molecular flexibility index (Phi) is 4.27. The number of aromatic carboxylic acids is 1. The summed E-state index contributed by atoms with van der Waals surface area (Å²) in [6.07, 6.45) is 1.18. The zero-order chi connectivity index (χ0) is 14.5. The number of carboxylic acids is 1. The third-order valence-corrected chi connectivity index (χ3v) is 2.51. The van der Waals surface area contributed by atoms with Gasteiger partial charge in [-0.2, -0.15) is 0 Å². The number of carbonyl (C=O) groups is 1. The van der Waals surface area contributed by atoms with Crippen molar-refractivity contribution in [3.8, 4) is 11.6 Å². The van der Waals surface area contributed by atoms with E-state index < -0.39 is 17.3 Å². The normalized spacial score (nSPS) is 10.3. The molecule has 0 aliphatic rings. The maximum atomic E-state index is 13.9. The zero-order valence-corrected chi connectivity index (χ0v) is 10.7. The number of benzene rings is 1. The standard InChI is InChI=1S/C14H12FNO4/c1-19-8-9-3-2-4-10(7-9)20-13-12(15)11(14(17)18)5-6-16-13/h2-7H,8H2,1H3,(H,17,18). The van der Waals surface area contributed by atoms with Gasteiger partial charge in [0.05, 0.1) is 6.61 Å². The summed E-state index contributed by atoms with van der Waals surface area (Å²) in [7, 11) is 1.56. The number of ether oxygens (including phenoxy) is 2. The zero-order valence-electron chi connectivity index (χ0n) is 10.7. The molecular formula is C14H12FNO4. The van der Waals surface area contributed by atoms with Crippen LogP contribution in [0.2, 0.25) is 0 Å². The second-order valence-electron chi connectivity index (χ2n) is 3.97. The first kappa shape index (κ1) is 14.0. The highest BCUT2D eigenvalue weighted by Crippen LogP contribution is 2.24. The van der Waals surface area contributed by atoms with Gasteiger partial charge in [0.15, 0.2) is 5.82 Å². The van der Waals surface area contributed by atoms with Gasteiger partial charge < -0.3 is 14.6 Å². The van der Waals surface area contributed by atoms with Gasteiger partial charge in [-0.25, -0.2) is 14.2 Å². The van der Waals surface area contributed by atoms with Gasteiger partial charge in [0.25, 0.3) is 5.88 Å². The molecule has 1 N–H and O–H groups in total. The van der Waals surface area contributed by atoms with E-state index in [4.69, 9.17) is 14.6 Å². The van der Waals surface area contributed by atoms with Crippen LogP contribution in [-0.2, 0) is 11.3 Å². The number of nitrogens with zero attached hydrogens (tertiary/aromatic N) is 1. The molecule has 1 heterocycles. The minimum atomic E-state index is -1.37. The van der Waals surface area contributed by atoms with Gasteiger partial charge in [-0.05, 0) is 23.8 Å². The highest BCUT2D eigenvalue weighted by atomic mass is 19.1. The third-order valence-electron chi connectivity index (χ3n) is 2.51. The number of aromatic nitrogens is 1. The molecule has 1 aromatic carbocycles. The second kappa shape index (κ2) is 6.12. The van der Waals surface area contributed by atoms with Gasteiger partial charge in [-0.15, -0.1) is 0 Å². The molecule has 104 valence electrons. The maximum Gasteiger partial charge on any atom is 0.338 e. The summed E-state index contributed by atoms with van der Waals surface area (Å²) in [5.74, 6) is -2.40. The maximum absolute atomic E-state index is 13.9. The fraction of sp³-hybridized carbons (Fsp3) is 0.143. The van der Waals surface area contributed by atoms with E-state index in [1.807, 2.05) is 6.07 Å². The minimum Gasteiger partial charge on any atom is -0.478 e. The van der Waals surface area contributed by atoms with Gasteiger partial charge in [-0.1, -0.05) is 12.1 Å². The van der Waals surface area contributed by atoms with Crippen LogP contribution in [0.5, 0.6) is 11.6 Å². The number of halogens is 1. The smallest absolute Gasteiger partial charge is 0.338 e. The Hall–Kier alpha value is -2.47. The Morgan fingerprint density at radius 2 is 2.20 bits per heavy atom. The highest BCUT2D eigenvalue weighted by molar-refractivity contribution is 5.88. The van der Waals surface area contributed by atoms with Crippen LogP contribution in [0.1, 0.15) is 15.9 Å². The number of carboxylic acid groups (broad SMARTS) is 1. The van der Waals surface area contributed by atoms with E-state index in [2.05, 4.69) is 4.98 Å². The second-order valence-corrected chi connectivity index (χ2v) is 3.97. The Bertz CT molecular complexity index is 630. The summed E-state index contributed by atoms with van der Waals surface area (Å²) >= 11 is 0. The molecule has 20 heavy (non-hydrogen) atoms. The van der Waals surface area contributed by atoms with Crippen LogP contribution in [0.3, 0.4) is 0 Å². The van der Waals surface area contributed by atoms with Crippen molar-refractivity contribution in [2.75, 3.05) is 7.11 Å². The van der Waals surface area contributed by atoms with Crippen LogP contribution in [0.25, 0.3) is 0 Å². The number of methoxy groups -OCH3 is 1. The van der Waals surface area contributed by atoms with Crippen molar-refractivity contribution in [2.24, 2.45) is 0 Å². The summed E-state index contributed by atoms with van der Waals surface area (Å²) < 4.78 is 24.1. The van der Waals surface area contributed by atoms with Gasteiger partial charge in [-0.3, -0.25) is 0 Å². The predicted octanol–water partition coefficient (Wildman–Crippen LogP) is 2.86. The summed E-state index contributed by atoms with van der Waals surface area (Å²) in [4.78, 5) is 14.5. The first-order chi connectivity index (χ1) is 9.61. The lowest BCUT2D eigenvalue weighted by molar-refractivity contribution is 0.0690. The number of hydrogen-bond donors (Lipinski definition) is 1. The molecule has 2 rings (SSSR count). The Morgan fingerprint density at radius 3 is 2.90 bits per heavy atom. The Morgan fingerprint density at radius 1 is 1.40 bits per heavy atom. The molecule has 0 saturated carbocycles.